The number of amides is 1. The minimum Gasteiger partial charge on any atom is -0.490 e. The lowest BCUT2D eigenvalue weighted by molar-refractivity contribution is -0.138. The van der Waals surface area contributed by atoms with Crippen LogP contribution in [0.15, 0.2) is 12.1 Å². The molecule has 0 spiro atoms. The highest BCUT2D eigenvalue weighted by Crippen LogP contribution is 2.39. The fraction of sp³-hybridized carbons (Fsp3) is 0.500. The predicted octanol–water partition coefficient (Wildman–Crippen LogP) is 2.09. The third-order valence-corrected chi connectivity index (χ3v) is 2.89. The molecular weight excluding hydrogens is 302 g/mol. The number of carbonyl (C=O) groups excluding carboxylic acids is 1. The number of hydrogen-bond acceptors (Lipinski definition) is 5. The molecule has 0 radical (unpaired) electrons. The Bertz CT molecular complexity index is 530. The molecule has 0 saturated heterocycles. The van der Waals surface area contributed by atoms with Crippen LogP contribution >= 0.6 is 0 Å². The van der Waals surface area contributed by atoms with Gasteiger partial charge >= 0.3 is 5.97 Å². The second kappa shape index (κ2) is 8.87. The lowest BCUT2D eigenvalue weighted by Gasteiger charge is -2.17. The minimum atomic E-state index is -1.11. The third-order valence-electron chi connectivity index (χ3n) is 2.89. The molecule has 0 aliphatic heterocycles. The van der Waals surface area contributed by atoms with E-state index < -0.39 is 17.9 Å². The molecule has 1 aromatic rings. The molecule has 0 heterocycles. The average molecular weight is 325 g/mol. The van der Waals surface area contributed by atoms with Gasteiger partial charge in [-0.1, -0.05) is 0 Å². The van der Waals surface area contributed by atoms with Crippen molar-refractivity contribution in [3.05, 3.63) is 17.7 Å². The van der Waals surface area contributed by atoms with E-state index in [2.05, 4.69) is 5.32 Å². The van der Waals surface area contributed by atoms with Crippen molar-refractivity contribution in [3.63, 3.8) is 0 Å². The summed E-state index contributed by atoms with van der Waals surface area (Å²) in [4.78, 5) is 23.1. The average Bonchev–Trinajstić information content (AvgIpc) is 2.50. The molecule has 2 N–H and O–H groups in total. The van der Waals surface area contributed by atoms with Gasteiger partial charge < -0.3 is 24.6 Å². The number of rotatable bonds is 9. The molecule has 23 heavy (non-hydrogen) atoms. The quantitative estimate of drug-likeness (QED) is 0.722. The Hall–Kier alpha value is -2.44. The first-order valence-corrected chi connectivity index (χ1v) is 7.54. The first-order chi connectivity index (χ1) is 10.9. The van der Waals surface area contributed by atoms with Gasteiger partial charge in [0.05, 0.1) is 19.8 Å². The lowest BCUT2D eigenvalue weighted by atomic mass is 10.1. The van der Waals surface area contributed by atoms with Gasteiger partial charge in [-0.05, 0) is 39.8 Å². The summed E-state index contributed by atoms with van der Waals surface area (Å²) in [7, 11) is 0. The Morgan fingerprint density at radius 3 is 1.91 bits per heavy atom. The Morgan fingerprint density at radius 2 is 1.52 bits per heavy atom. The van der Waals surface area contributed by atoms with E-state index in [1.165, 1.54) is 19.1 Å². The van der Waals surface area contributed by atoms with Crippen molar-refractivity contribution in [3.8, 4) is 17.2 Å². The van der Waals surface area contributed by atoms with Gasteiger partial charge in [-0.2, -0.15) is 0 Å². The Morgan fingerprint density at radius 1 is 1.04 bits per heavy atom. The fourth-order valence-electron chi connectivity index (χ4n) is 1.86. The monoisotopic (exact) mass is 325 g/mol. The molecule has 7 nitrogen and oxygen atoms in total. The van der Waals surface area contributed by atoms with E-state index in [-0.39, 0.29) is 5.56 Å². The number of nitrogens with one attached hydrogen (secondary N) is 1. The van der Waals surface area contributed by atoms with Crippen molar-refractivity contribution in [1.29, 1.82) is 0 Å². The van der Waals surface area contributed by atoms with Crippen LogP contribution in [-0.4, -0.2) is 42.8 Å². The zero-order valence-corrected chi connectivity index (χ0v) is 13.8. The van der Waals surface area contributed by atoms with Gasteiger partial charge in [0.1, 0.15) is 6.04 Å². The van der Waals surface area contributed by atoms with E-state index in [0.29, 0.717) is 37.1 Å². The van der Waals surface area contributed by atoms with Gasteiger partial charge in [-0.25, -0.2) is 0 Å². The highest BCUT2D eigenvalue weighted by atomic mass is 16.5. The number of carboxylic acids is 1. The molecule has 0 aliphatic rings. The summed E-state index contributed by atoms with van der Waals surface area (Å²) in [6, 6.07) is 2.03. The number of carbonyl (C=O) groups is 2. The van der Waals surface area contributed by atoms with Crippen molar-refractivity contribution < 1.29 is 28.9 Å². The highest BCUT2D eigenvalue weighted by Gasteiger charge is 2.20. The summed E-state index contributed by atoms with van der Waals surface area (Å²) in [5.41, 5.74) is 0.244. The van der Waals surface area contributed by atoms with Crippen molar-refractivity contribution in [2.75, 3.05) is 19.8 Å². The summed E-state index contributed by atoms with van der Waals surface area (Å²) >= 11 is 0. The Kier molecular flexibility index (Phi) is 7.18. The largest absolute Gasteiger partial charge is 0.490 e. The summed E-state index contributed by atoms with van der Waals surface area (Å²) in [6.45, 7) is 8.05. The molecule has 128 valence electrons. The Balaban J connectivity index is 3.21. The molecule has 1 rings (SSSR count). The maximum atomic E-state index is 12.2. The number of ether oxygens (including phenoxy) is 3. The zero-order chi connectivity index (χ0) is 17.4. The second-order valence-corrected chi connectivity index (χ2v) is 4.63. The highest BCUT2D eigenvalue weighted by molar-refractivity contribution is 5.97. The van der Waals surface area contributed by atoms with Crippen LogP contribution in [0.5, 0.6) is 17.2 Å². The molecular formula is C16H23NO6. The molecule has 0 aromatic heterocycles. The van der Waals surface area contributed by atoms with Crippen LogP contribution in [0.3, 0.4) is 0 Å². The molecule has 0 saturated carbocycles. The van der Waals surface area contributed by atoms with Crippen LogP contribution in [0, 0.1) is 0 Å². The molecule has 1 unspecified atom stereocenters. The lowest BCUT2D eigenvalue weighted by Crippen LogP contribution is -2.38. The minimum absolute atomic E-state index is 0.244. The maximum Gasteiger partial charge on any atom is 0.325 e. The van der Waals surface area contributed by atoms with Gasteiger partial charge in [-0.15, -0.1) is 0 Å². The summed E-state index contributed by atoms with van der Waals surface area (Å²) in [5.74, 6) is -0.440. The number of hydrogen-bond donors (Lipinski definition) is 2. The summed E-state index contributed by atoms with van der Waals surface area (Å²) in [5, 5.41) is 11.3. The van der Waals surface area contributed by atoms with Gasteiger partial charge in [0.25, 0.3) is 5.91 Å². The van der Waals surface area contributed by atoms with Gasteiger partial charge in [0, 0.05) is 5.56 Å². The summed E-state index contributed by atoms with van der Waals surface area (Å²) in [6.07, 6.45) is 0. The number of carboxylic acid groups (broad SMARTS) is 1. The Labute approximate surface area is 135 Å². The first kappa shape index (κ1) is 18.6. The van der Waals surface area contributed by atoms with Crippen molar-refractivity contribution in [1.82, 2.24) is 5.32 Å². The first-order valence-electron chi connectivity index (χ1n) is 7.54. The third kappa shape index (κ3) is 5.05. The maximum absolute atomic E-state index is 12.2. The van der Waals surface area contributed by atoms with Crippen LogP contribution < -0.4 is 19.5 Å². The van der Waals surface area contributed by atoms with E-state index in [1.807, 2.05) is 20.8 Å². The van der Waals surface area contributed by atoms with E-state index in [4.69, 9.17) is 19.3 Å². The predicted molar refractivity (Wildman–Crippen MR) is 84.5 cm³/mol. The normalized spacial score (nSPS) is 11.5. The van der Waals surface area contributed by atoms with Crippen LogP contribution in [0.1, 0.15) is 38.1 Å². The van der Waals surface area contributed by atoms with E-state index in [1.54, 1.807) is 0 Å². The SMILES string of the molecule is CCOc1cc(C(=O)NC(C)C(=O)O)cc(OCC)c1OCC. The standard InChI is InChI=1S/C16H23NO6/c1-5-21-12-8-11(15(18)17-10(4)16(19)20)9-13(22-6-2)14(12)23-7-3/h8-10H,5-7H2,1-4H3,(H,17,18)(H,19,20). The van der Waals surface area contributed by atoms with Crippen molar-refractivity contribution >= 4 is 11.9 Å². The van der Waals surface area contributed by atoms with Crippen molar-refractivity contribution in [2.24, 2.45) is 0 Å². The van der Waals surface area contributed by atoms with Crippen LogP contribution in [0.2, 0.25) is 0 Å². The molecule has 7 heteroatoms. The van der Waals surface area contributed by atoms with Gasteiger partial charge in [-0.3, -0.25) is 9.59 Å². The smallest absolute Gasteiger partial charge is 0.325 e. The molecule has 1 aromatic carbocycles. The number of aliphatic carboxylic acids is 1. The second-order valence-electron chi connectivity index (χ2n) is 4.63. The van der Waals surface area contributed by atoms with Crippen molar-refractivity contribution in [2.45, 2.75) is 33.7 Å². The molecule has 1 amide bonds. The van der Waals surface area contributed by atoms with Crippen LogP contribution in [0.4, 0.5) is 0 Å². The van der Waals surface area contributed by atoms with Crippen LogP contribution in [-0.2, 0) is 4.79 Å². The molecule has 1 atom stereocenters. The fourth-order valence-corrected chi connectivity index (χ4v) is 1.86. The molecule has 0 bridgehead atoms. The van der Waals surface area contributed by atoms with E-state index in [9.17, 15) is 9.59 Å². The topological polar surface area (TPSA) is 94.1 Å². The van der Waals surface area contributed by atoms with Gasteiger partial charge in [0.2, 0.25) is 5.75 Å². The van der Waals surface area contributed by atoms with Gasteiger partial charge in [0.15, 0.2) is 11.5 Å². The summed E-state index contributed by atoms with van der Waals surface area (Å²) < 4.78 is 16.6. The van der Waals surface area contributed by atoms with Crippen LogP contribution in [0.25, 0.3) is 0 Å². The van der Waals surface area contributed by atoms with E-state index >= 15 is 0 Å². The van der Waals surface area contributed by atoms with E-state index in [0.717, 1.165) is 0 Å². The molecule has 0 fully saturated rings. The number of benzene rings is 1. The zero-order valence-electron chi connectivity index (χ0n) is 13.8. The molecule has 0 aliphatic carbocycles.